The van der Waals surface area contributed by atoms with Crippen LogP contribution in [0.4, 0.5) is 5.82 Å². The molecule has 0 saturated carbocycles. The van der Waals surface area contributed by atoms with Crippen LogP contribution in [0.1, 0.15) is 6.92 Å². The maximum Gasteiger partial charge on any atom is 0.222 e. The molecule has 5 nitrogen and oxygen atoms in total. The average molecular weight is 474 g/mol. The molecule has 0 aliphatic rings. The minimum atomic E-state index is -0.173. The van der Waals surface area contributed by atoms with Crippen LogP contribution < -0.4 is 5.32 Å². The Morgan fingerprint density at radius 3 is 2.39 bits per heavy atom. The fourth-order valence-electron chi connectivity index (χ4n) is 2.67. The summed E-state index contributed by atoms with van der Waals surface area (Å²) in [6, 6.07) is 17.2. The summed E-state index contributed by atoms with van der Waals surface area (Å²) in [7, 11) is 0. The number of anilines is 1. The van der Waals surface area contributed by atoms with Crippen molar-refractivity contribution in [2.24, 2.45) is 0 Å². The number of amides is 1. The molecule has 4 aromatic rings. The van der Waals surface area contributed by atoms with Gasteiger partial charge in [0.2, 0.25) is 11.0 Å². The van der Waals surface area contributed by atoms with Crippen LogP contribution in [0.5, 0.6) is 0 Å². The molecule has 2 heterocycles. The van der Waals surface area contributed by atoms with Crippen LogP contribution in [0.2, 0.25) is 5.02 Å². The van der Waals surface area contributed by atoms with E-state index < -0.39 is 0 Å². The van der Waals surface area contributed by atoms with E-state index in [4.69, 9.17) is 16.6 Å². The van der Waals surface area contributed by atoms with Crippen LogP contribution in [-0.4, -0.2) is 20.7 Å². The van der Waals surface area contributed by atoms with Crippen molar-refractivity contribution < 1.29 is 4.79 Å². The van der Waals surface area contributed by atoms with Gasteiger partial charge in [0.15, 0.2) is 0 Å². The number of hydrogen-bond donors (Lipinski definition) is 1. The highest BCUT2D eigenvalue weighted by molar-refractivity contribution is 9.10. The molecule has 0 unspecified atom stereocenters. The Balaban J connectivity index is 1.74. The molecule has 0 aliphatic heterocycles. The van der Waals surface area contributed by atoms with Crippen molar-refractivity contribution in [1.82, 2.24) is 14.8 Å². The van der Waals surface area contributed by atoms with Crippen molar-refractivity contribution >= 4 is 50.6 Å². The molecule has 2 aromatic heterocycles. The molecule has 0 spiro atoms. The summed E-state index contributed by atoms with van der Waals surface area (Å²) in [4.78, 5) is 16.4. The van der Waals surface area contributed by atoms with Crippen molar-refractivity contribution in [3.63, 3.8) is 0 Å². The zero-order valence-corrected chi connectivity index (χ0v) is 17.8. The molecule has 140 valence electrons. The molecule has 0 bridgehead atoms. The number of nitrogens with one attached hydrogen (secondary N) is 1. The zero-order valence-electron chi connectivity index (χ0n) is 14.7. The minimum absolute atomic E-state index is 0.173. The topological polar surface area (TPSA) is 59.8 Å². The standard InChI is InChI=1S/C20H14BrClN4OS/c1-12(27)23-19-10-17(13-4-8-16(22)9-5-13)25-26(19)20-24-18(11-28-20)14-2-6-15(21)7-3-14/h2-11H,1H3,(H,23,27). The highest BCUT2D eigenvalue weighted by atomic mass is 79.9. The first-order valence-electron chi connectivity index (χ1n) is 8.35. The van der Waals surface area contributed by atoms with Crippen LogP contribution in [-0.2, 0) is 4.79 Å². The van der Waals surface area contributed by atoms with E-state index in [1.165, 1.54) is 18.3 Å². The third-order valence-electron chi connectivity index (χ3n) is 3.97. The van der Waals surface area contributed by atoms with Crippen LogP contribution in [0, 0.1) is 0 Å². The van der Waals surface area contributed by atoms with Crippen molar-refractivity contribution in [2.45, 2.75) is 6.92 Å². The van der Waals surface area contributed by atoms with E-state index in [9.17, 15) is 4.79 Å². The van der Waals surface area contributed by atoms with Gasteiger partial charge in [-0.3, -0.25) is 4.79 Å². The number of hydrogen-bond acceptors (Lipinski definition) is 4. The lowest BCUT2D eigenvalue weighted by Crippen LogP contribution is -2.10. The Morgan fingerprint density at radius 2 is 1.71 bits per heavy atom. The number of nitrogens with zero attached hydrogens (tertiary/aromatic N) is 3. The van der Waals surface area contributed by atoms with Gasteiger partial charge in [0.25, 0.3) is 0 Å². The molecule has 0 aliphatic carbocycles. The Labute approximate surface area is 179 Å². The van der Waals surface area contributed by atoms with Crippen LogP contribution in [0.25, 0.3) is 27.6 Å². The summed E-state index contributed by atoms with van der Waals surface area (Å²) in [5.74, 6) is 0.391. The second-order valence-electron chi connectivity index (χ2n) is 6.04. The Bertz CT molecular complexity index is 1140. The van der Waals surface area contributed by atoms with E-state index in [1.807, 2.05) is 60.0 Å². The van der Waals surface area contributed by atoms with Crippen molar-refractivity contribution in [3.8, 4) is 27.6 Å². The van der Waals surface area contributed by atoms with Gasteiger partial charge in [0.05, 0.1) is 11.4 Å². The highest BCUT2D eigenvalue weighted by Gasteiger charge is 2.15. The van der Waals surface area contributed by atoms with Crippen molar-refractivity contribution in [3.05, 3.63) is 69.5 Å². The smallest absolute Gasteiger partial charge is 0.222 e. The first kappa shape index (κ1) is 18.9. The Morgan fingerprint density at radius 1 is 1.07 bits per heavy atom. The van der Waals surface area contributed by atoms with Crippen LogP contribution >= 0.6 is 38.9 Å². The van der Waals surface area contributed by atoms with E-state index in [-0.39, 0.29) is 5.91 Å². The third kappa shape index (κ3) is 4.01. The molecule has 0 radical (unpaired) electrons. The second kappa shape index (κ2) is 7.87. The lowest BCUT2D eigenvalue weighted by atomic mass is 10.1. The number of benzene rings is 2. The number of halogens is 2. The minimum Gasteiger partial charge on any atom is -0.311 e. The first-order valence-corrected chi connectivity index (χ1v) is 10.4. The van der Waals surface area contributed by atoms with Crippen LogP contribution in [0.15, 0.2) is 64.5 Å². The molecule has 4 rings (SSSR count). The van der Waals surface area contributed by atoms with Gasteiger partial charge in [-0.2, -0.15) is 9.78 Å². The Hall–Kier alpha value is -2.48. The van der Waals surface area contributed by atoms with E-state index in [2.05, 4.69) is 26.3 Å². The highest BCUT2D eigenvalue weighted by Crippen LogP contribution is 2.30. The SMILES string of the molecule is CC(=O)Nc1cc(-c2ccc(Cl)cc2)nn1-c1nc(-c2ccc(Br)cc2)cs1. The Kier molecular flexibility index (Phi) is 5.30. The summed E-state index contributed by atoms with van der Waals surface area (Å²) < 4.78 is 2.66. The van der Waals surface area contributed by atoms with Gasteiger partial charge in [-0.05, 0) is 24.3 Å². The van der Waals surface area contributed by atoms with Gasteiger partial charge in [0.1, 0.15) is 5.82 Å². The molecular formula is C20H14BrClN4OS. The molecule has 1 amide bonds. The summed E-state index contributed by atoms with van der Waals surface area (Å²) >= 11 is 10.9. The zero-order chi connectivity index (χ0) is 19.7. The monoisotopic (exact) mass is 472 g/mol. The number of thiazole rings is 1. The predicted octanol–water partition coefficient (Wildman–Crippen LogP) is 6.04. The third-order valence-corrected chi connectivity index (χ3v) is 5.56. The van der Waals surface area contributed by atoms with E-state index in [0.717, 1.165) is 27.0 Å². The molecule has 28 heavy (non-hydrogen) atoms. The normalized spacial score (nSPS) is 10.8. The maximum atomic E-state index is 11.7. The van der Waals surface area contributed by atoms with E-state index in [1.54, 1.807) is 4.68 Å². The summed E-state index contributed by atoms with van der Waals surface area (Å²) in [5.41, 5.74) is 3.49. The molecule has 1 N–H and O–H groups in total. The van der Waals surface area contributed by atoms with E-state index >= 15 is 0 Å². The average Bonchev–Trinajstić information content (AvgIpc) is 3.30. The summed E-state index contributed by atoms with van der Waals surface area (Å²) in [5, 5.41) is 10.8. The lowest BCUT2D eigenvalue weighted by Gasteiger charge is -2.03. The number of aromatic nitrogens is 3. The number of rotatable bonds is 4. The van der Waals surface area contributed by atoms with Gasteiger partial charge in [-0.1, -0.05) is 51.8 Å². The van der Waals surface area contributed by atoms with Gasteiger partial charge in [-0.25, -0.2) is 4.98 Å². The fourth-order valence-corrected chi connectivity index (χ4v) is 3.86. The molecule has 0 saturated heterocycles. The lowest BCUT2D eigenvalue weighted by molar-refractivity contribution is -0.114. The van der Waals surface area contributed by atoms with Crippen molar-refractivity contribution in [2.75, 3.05) is 5.32 Å². The van der Waals surface area contributed by atoms with E-state index in [0.29, 0.717) is 16.0 Å². The molecular weight excluding hydrogens is 460 g/mol. The molecule has 2 aromatic carbocycles. The largest absolute Gasteiger partial charge is 0.311 e. The van der Waals surface area contributed by atoms with Gasteiger partial charge in [0, 0.05) is 39.0 Å². The number of carbonyl (C=O) groups is 1. The van der Waals surface area contributed by atoms with Gasteiger partial charge in [-0.15, -0.1) is 11.3 Å². The molecule has 0 atom stereocenters. The quantitative estimate of drug-likeness (QED) is 0.393. The number of carbonyl (C=O) groups excluding carboxylic acids is 1. The molecule has 0 fully saturated rings. The van der Waals surface area contributed by atoms with Crippen LogP contribution in [0.3, 0.4) is 0 Å². The second-order valence-corrected chi connectivity index (χ2v) is 8.23. The summed E-state index contributed by atoms with van der Waals surface area (Å²) in [6.45, 7) is 1.47. The predicted molar refractivity (Wildman–Crippen MR) is 117 cm³/mol. The fraction of sp³-hybridized carbons (Fsp3) is 0.0500. The first-order chi connectivity index (χ1) is 13.5. The maximum absolute atomic E-state index is 11.7. The van der Waals surface area contributed by atoms with Crippen molar-refractivity contribution in [1.29, 1.82) is 0 Å². The summed E-state index contributed by atoms with van der Waals surface area (Å²) in [6.07, 6.45) is 0. The molecule has 8 heteroatoms. The van der Waals surface area contributed by atoms with Gasteiger partial charge >= 0.3 is 0 Å². The van der Waals surface area contributed by atoms with Gasteiger partial charge < -0.3 is 5.32 Å².